The van der Waals surface area contributed by atoms with E-state index in [-0.39, 0.29) is 0 Å². The van der Waals surface area contributed by atoms with Crippen LogP contribution in [0, 0.1) is 13.8 Å². The molecule has 0 amide bonds. The van der Waals surface area contributed by atoms with Gasteiger partial charge in [0.25, 0.3) is 0 Å². The first-order chi connectivity index (χ1) is 9.77. The Labute approximate surface area is 116 Å². The topological polar surface area (TPSA) is 33.6 Å². The highest BCUT2D eigenvalue weighted by molar-refractivity contribution is 6.07. The third-order valence-electron chi connectivity index (χ3n) is 4.03. The Balaban J connectivity index is 2.24. The molecular formula is C17H15N3. The molecule has 98 valence electrons. The largest absolute Gasteiger partial charge is 0.347 e. The monoisotopic (exact) mass is 261 g/mol. The third kappa shape index (κ3) is 1.37. The van der Waals surface area contributed by atoms with Crippen molar-refractivity contribution in [3.8, 4) is 5.82 Å². The smallest absolute Gasteiger partial charge is 0.146 e. The molecule has 0 fully saturated rings. The van der Waals surface area contributed by atoms with Gasteiger partial charge in [0.05, 0.1) is 5.52 Å². The number of rotatable bonds is 1. The number of hydrogen-bond donors (Lipinski definition) is 1. The molecule has 0 unspecified atom stereocenters. The molecule has 3 nitrogen and oxygen atoms in total. The fourth-order valence-corrected chi connectivity index (χ4v) is 2.83. The van der Waals surface area contributed by atoms with Crippen molar-refractivity contribution in [3.05, 3.63) is 59.9 Å². The van der Waals surface area contributed by atoms with Crippen LogP contribution in [0.1, 0.15) is 11.1 Å². The number of aromatic nitrogens is 3. The van der Waals surface area contributed by atoms with Gasteiger partial charge < -0.3 is 4.98 Å². The standard InChI is InChI=1S/C17H15N3/c1-11-10-19-16(12(11)2)20-15-8-4-3-6-13(15)14-7-5-9-18-17(14)20/h3-10,19H,1-2H3. The molecule has 20 heavy (non-hydrogen) atoms. The summed E-state index contributed by atoms with van der Waals surface area (Å²) in [5, 5.41) is 2.43. The molecule has 3 heterocycles. The zero-order valence-corrected chi connectivity index (χ0v) is 11.5. The molecule has 1 N–H and O–H groups in total. The number of nitrogens with zero attached hydrogens (tertiary/aromatic N) is 2. The van der Waals surface area contributed by atoms with E-state index in [0.717, 1.165) is 11.5 Å². The van der Waals surface area contributed by atoms with Crippen LogP contribution >= 0.6 is 0 Å². The van der Waals surface area contributed by atoms with Crippen molar-refractivity contribution >= 4 is 21.9 Å². The average Bonchev–Trinajstić information content (AvgIpc) is 2.98. The highest BCUT2D eigenvalue weighted by Crippen LogP contribution is 2.31. The van der Waals surface area contributed by atoms with Crippen molar-refractivity contribution in [2.75, 3.05) is 0 Å². The average molecular weight is 261 g/mol. The van der Waals surface area contributed by atoms with Gasteiger partial charge in [0, 0.05) is 23.2 Å². The van der Waals surface area contributed by atoms with Crippen LogP contribution in [-0.2, 0) is 0 Å². The van der Waals surface area contributed by atoms with E-state index in [0.29, 0.717) is 0 Å². The first-order valence-corrected chi connectivity index (χ1v) is 6.76. The number of nitrogens with one attached hydrogen (secondary N) is 1. The minimum atomic E-state index is 0.999. The van der Waals surface area contributed by atoms with Crippen molar-refractivity contribution in [1.29, 1.82) is 0 Å². The first-order valence-electron chi connectivity index (χ1n) is 6.76. The van der Waals surface area contributed by atoms with Gasteiger partial charge in [0.1, 0.15) is 11.5 Å². The second-order valence-electron chi connectivity index (χ2n) is 5.17. The van der Waals surface area contributed by atoms with E-state index >= 15 is 0 Å². The second kappa shape index (κ2) is 3.97. The molecule has 0 aliphatic heterocycles. The third-order valence-corrected chi connectivity index (χ3v) is 4.03. The highest BCUT2D eigenvalue weighted by atomic mass is 15.1. The van der Waals surface area contributed by atoms with E-state index < -0.39 is 0 Å². The first kappa shape index (κ1) is 11.3. The molecule has 3 aromatic heterocycles. The summed E-state index contributed by atoms with van der Waals surface area (Å²) in [5.41, 5.74) is 4.71. The fourth-order valence-electron chi connectivity index (χ4n) is 2.83. The predicted molar refractivity (Wildman–Crippen MR) is 82.4 cm³/mol. The molecule has 0 aliphatic carbocycles. The van der Waals surface area contributed by atoms with Gasteiger partial charge in [0.2, 0.25) is 0 Å². The van der Waals surface area contributed by atoms with Gasteiger partial charge in [0.15, 0.2) is 0 Å². The van der Waals surface area contributed by atoms with Crippen LogP contribution in [0.25, 0.3) is 27.8 Å². The molecule has 0 radical (unpaired) electrons. The molecular weight excluding hydrogens is 246 g/mol. The van der Waals surface area contributed by atoms with Crippen molar-refractivity contribution in [2.24, 2.45) is 0 Å². The zero-order valence-electron chi connectivity index (χ0n) is 11.5. The van der Waals surface area contributed by atoms with Crippen LogP contribution in [0.4, 0.5) is 0 Å². The number of aryl methyl sites for hydroxylation is 1. The molecule has 0 saturated carbocycles. The SMILES string of the molecule is Cc1c[nH]c(-n2c3ccccc3c3cccnc32)c1C. The molecule has 0 saturated heterocycles. The minimum Gasteiger partial charge on any atom is -0.347 e. The van der Waals surface area contributed by atoms with Gasteiger partial charge in [-0.15, -0.1) is 0 Å². The van der Waals surface area contributed by atoms with E-state index in [1.165, 1.54) is 27.4 Å². The number of H-pyrrole nitrogens is 1. The Kier molecular flexibility index (Phi) is 2.24. The summed E-state index contributed by atoms with van der Waals surface area (Å²) in [4.78, 5) is 7.97. The van der Waals surface area contributed by atoms with E-state index in [2.05, 4.69) is 58.7 Å². The maximum atomic E-state index is 4.59. The van der Waals surface area contributed by atoms with Crippen molar-refractivity contribution < 1.29 is 0 Å². The van der Waals surface area contributed by atoms with E-state index in [4.69, 9.17) is 0 Å². The minimum absolute atomic E-state index is 0.999. The molecule has 3 heteroatoms. The Morgan fingerprint density at radius 1 is 1.00 bits per heavy atom. The lowest BCUT2D eigenvalue weighted by Gasteiger charge is -2.06. The van der Waals surface area contributed by atoms with E-state index in [1.54, 1.807) is 0 Å². The van der Waals surface area contributed by atoms with Crippen molar-refractivity contribution in [1.82, 2.24) is 14.5 Å². The lowest BCUT2D eigenvalue weighted by atomic mass is 10.2. The number of benzene rings is 1. The maximum Gasteiger partial charge on any atom is 0.146 e. The quantitative estimate of drug-likeness (QED) is 0.549. The zero-order chi connectivity index (χ0) is 13.7. The highest BCUT2D eigenvalue weighted by Gasteiger charge is 2.15. The molecule has 1 aromatic carbocycles. The summed E-state index contributed by atoms with van der Waals surface area (Å²) in [7, 11) is 0. The van der Waals surface area contributed by atoms with Gasteiger partial charge in [-0.25, -0.2) is 4.98 Å². The molecule has 0 atom stereocenters. The molecule has 0 spiro atoms. The molecule has 4 rings (SSSR count). The second-order valence-corrected chi connectivity index (χ2v) is 5.17. The normalized spacial score (nSPS) is 11.5. The number of hydrogen-bond acceptors (Lipinski definition) is 1. The Bertz CT molecular complexity index is 875. The maximum absolute atomic E-state index is 4.59. The van der Waals surface area contributed by atoms with Gasteiger partial charge in [-0.05, 0) is 43.2 Å². The summed E-state index contributed by atoms with van der Waals surface area (Å²) in [6.07, 6.45) is 3.90. The van der Waals surface area contributed by atoms with Crippen molar-refractivity contribution in [2.45, 2.75) is 13.8 Å². The van der Waals surface area contributed by atoms with Gasteiger partial charge in [-0.1, -0.05) is 18.2 Å². The van der Waals surface area contributed by atoms with E-state index in [1.807, 2.05) is 18.5 Å². The van der Waals surface area contributed by atoms with Crippen LogP contribution in [0.15, 0.2) is 48.8 Å². The van der Waals surface area contributed by atoms with E-state index in [9.17, 15) is 0 Å². The van der Waals surface area contributed by atoms with Gasteiger partial charge >= 0.3 is 0 Å². The number of para-hydroxylation sites is 1. The van der Waals surface area contributed by atoms with Crippen LogP contribution in [0.2, 0.25) is 0 Å². The molecule has 4 aromatic rings. The summed E-state index contributed by atoms with van der Waals surface area (Å²) in [5.74, 6) is 1.10. The van der Waals surface area contributed by atoms with Crippen LogP contribution < -0.4 is 0 Å². The molecule has 0 aliphatic rings. The number of fused-ring (bicyclic) bond motifs is 3. The molecule has 0 bridgehead atoms. The Hall–Kier alpha value is -2.55. The summed E-state index contributed by atoms with van der Waals surface area (Å²) in [6, 6.07) is 12.6. The van der Waals surface area contributed by atoms with Crippen LogP contribution in [-0.4, -0.2) is 14.5 Å². The fraction of sp³-hybridized carbons (Fsp3) is 0.118. The number of aromatic amines is 1. The summed E-state index contributed by atoms with van der Waals surface area (Å²) in [6.45, 7) is 4.27. The van der Waals surface area contributed by atoms with Crippen LogP contribution in [0.5, 0.6) is 0 Å². The lowest BCUT2D eigenvalue weighted by molar-refractivity contribution is 1.06. The summed E-state index contributed by atoms with van der Waals surface area (Å²) >= 11 is 0. The Morgan fingerprint density at radius 3 is 2.60 bits per heavy atom. The lowest BCUT2D eigenvalue weighted by Crippen LogP contribution is -1.97. The Morgan fingerprint density at radius 2 is 1.80 bits per heavy atom. The van der Waals surface area contributed by atoms with Crippen LogP contribution in [0.3, 0.4) is 0 Å². The summed E-state index contributed by atoms with van der Waals surface area (Å²) < 4.78 is 2.22. The predicted octanol–water partition coefficient (Wildman–Crippen LogP) is 4.12. The van der Waals surface area contributed by atoms with Gasteiger partial charge in [-0.3, -0.25) is 4.57 Å². The van der Waals surface area contributed by atoms with Crippen molar-refractivity contribution in [3.63, 3.8) is 0 Å². The number of pyridine rings is 1. The van der Waals surface area contributed by atoms with Gasteiger partial charge in [-0.2, -0.15) is 0 Å².